The molecule has 1 unspecified atom stereocenters. The average Bonchev–Trinajstić information content (AvgIpc) is 2.79. The molecule has 3 aromatic carbocycles. The van der Waals surface area contributed by atoms with Gasteiger partial charge in [-0.15, -0.1) is 0 Å². The van der Waals surface area contributed by atoms with E-state index >= 15 is 0 Å². The summed E-state index contributed by atoms with van der Waals surface area (Å²) < 4.78 is 11.9. The molecule has 0 spiro atoms. The van der Waals surface area contributed by atoms with E-state index in [0.717, 1.165) is 45.9 Å². The van der Waals surface area contributed by atoms with Crippen molar-refractivity contribution in [2.45, 2.75) is 26.4 Å². The summed E-state index contributed by atoms with van der Waals surface area (Å²) in [6.07, 6.45) is 0.562. The normalized spacial score (nSPS) is 15.5. The summed E-state index contributed by atoms with van der Waals surface area (Å²) in [7, 11) is 0. The lowest BCUT2D eigenvalue weighted by atomic mass is 9.97. The predicted octanol–water partition coefficient (Wildman–Crippen LogP) is 4.28. The minimum atomic E-state index is -0.271. The third-order valence-electron chi connectivity index (χ3n) is 5.97. The van der Waals surface area contributed by atoms with Crippen molar-refractivity contribution in [3.63, 3.8) is 0 Å². The topological polar surface area (TPSA) is 43.9 Å². The van der Waals surface area contributed by atoms with Crippen LogP contribution in [0.15, 0.2) is 75.9 Å². The maximum Gasteiger partial charge on any atom is 0.340 e. The molecule has 4 aromatic rings. The SMILES string of the molecule is Cc1c(Cc2ccccc2)c(=O)oc2c3c(ccc12)OC[NH+](Cc1ccc(Cl)cc1)C3. The molecule has 1 aliphatic heterocycles. The second-order valence-corrected chi connectivity index (χ2v) is 8.53. The molecule has 0 aliphatic carbocycles. The summed E-state index contributed by atoms with van der Waals surface area (Å²) in [6.45, 7) is 4.11. The van der Waals surface area contributed by atoms with Crippen LogP contribution in [-0.4, -0.2) is 6.73 Å². The van der Waals surface area contributed by atoms with Crippen molar-refractivity contribution in [1.82, 2.24) is 0 Å². The minimum Gasteiger partial charge on any atom is -0.445 e. The van der Waals surface area contributed by atoms with Crippen molar-refractivity contribution < 1.29 is 14.1 Å². The summed E-state index contributed by atoms with van der Waals surface area (Å²) in [5.41, 5.74) is 5.30. The Bertz CT molecular complexity index is 1300. The van der Waals surface area contributed by atoms with Crippen LogP contribution in [0.5, 0.6) is 5.75 Å². The first-order valence-corrected chi connectivity index (χ1v) is 10.8. The molecule has 0 radical (unpaired) electrons. The molecule has 156 valence electrons. The van der Waals surface area contributed by atoms with Gasteiger partial charge in [-0.05, 0) is 42.3 Å². The monoisotopic (exact) mass is 432 g/mol. The van der Waals surface area contributed by atoms with Crippen LogP contribution in [0.25, 0.3) is 11.0 Å². The number of nitrogens with one attached hydrogen (secondary N) is 1. The Balaban J connectivity index is 1.50. The lowest BCUT2D eigenvalue weighted by Gasteiger charge is -2.26. The highest BCUT2D eigenvalue weighted by molar-refractivity contribution is 6.30. The van der Waals surface area contributed by atoms with Gasteiger partial charge in [0.2, 0.25) is 6.73 Å². The molecule has 0 bridgehead atoms. The summed E-state index contributed by atoms with van der Waals surface area (Å²) in [5, 5.41) is 1.70. The maximum atomic E-state index is 12.9. The zero-order valence-corrected chi connectivity index (χ0v) is 18.0. The van der Waals surface area contributed by atoms with Crippen LogP contribution < -0.4 is 15.3 Å². The fourth-order valence-electron chi connectivity index (χ4n) is 4.28. The number of benzene rings is 3. The van der Waals surface area contributed by atoms with E-state index in [-0.39, 0.29) is 5.63 Å². The van der Waals surface area contributed by atoms with E-state index < -0.39 is 0 Å². The maximum absolute atomic E-state index is 12.9. The number of hydrogen-bond donors (Lipinski definition) is 1. The Kier molecular flexibility index (Phi) is 5.26. The van der Waals surface area contributed by atoms with E-state index in [4.69, 9.17) is 20.8 Å². The van der Waals surface area contributed by atoms with Gasteiger partial charge in [0.15, 0.2) is 5.58 Å². The van der Waals surface area contributed by atoms with Gasteiger partial charge in [0.05, 0.1) is 5.56 Å². The summed E-state index contributed by atoms with van der Waals surface area (Å²) in [5.74, 6) is 0.797. The Morgan fingerprint density at radius 2 is 1.74 bits per heavy atom. The Hall–Kier alpha value is -3.08. The molecule has 0 saturated carbocycles. The first-order valence-electron chi connectivity index (χ1n) is 10.4. The van der Waals surface area contributed by atoms with Gasteiger partial charge in [0, 0.05) is 28.0 Å². The van der Waals surface area contributed by atoms with E-state index in [1.54, 1.807) is 0 Å². The Morgan fingerprint density at radius 1 is 0.968 bits per heavy atom. The van der Waals surface area contributed by atoms with Crippen LogP contribution in [0, 0.1) is 6.92 Å². The van der Waals surface area contributed by atoms with Gasteiger partial charge in [-0.3, -0.25) is 4.90 Å². The predicted molar refractivity (Wildman–Crippen MR) is 122 cm³/mol. The second kappa shape index (κ2) is 8.22. The first kappa shape index (κ1) is 19.9. The number of quaternary nitrogens is 1. The third-order valence-corrected chi connectivity index (χ3v) is 6.22. The summed E-state index contributed by atoms with van der Waals surface area (Å²) in [4.78, 5) is 14.2. The van der Waals surface area contributed by atoms with Crippen molar-refractivity contribution >= 4 is 22.6 Å². The van der Waals surface area contributed by atoms with Crippen LogP contribution in [-0.2, 0) is 19.5 Å². The molecule has 1 N–H and O–H groups in total. The highest BCUT2D eigenvalue weighted by Gasteiger charge is 2.26. The molecule has 1 aromatic heterocycles. The molecule has 1 aliphatic rings. The van der Waals surface area contributed by atoms with Gasteiger partial charge in [-0.25, -0.2) is 4.79 Å². The number of hydrogen-bond acceptors (Lipinski definition) is 3. The van der Waals surface area contributed by atoms with Crippen LogP contribution in [0.3, 0.4) is 0 Å². The molecular weight excluding hydrogens is 410 g/mol. The van der Waals surface area contributed by atoms with Crippen LogP contribution >= 0.6 is 11.6 Å². The molecule has 0 fully saturated rings. The van der Waals surface area contributed by atoms with Crippen molar-refractivity contribution in [3.8, 4) is 5.75 Å². The highest BCUT2D eigenvalue weighted by Crippen LogP contribution is 2.31. The first-order chi connectivity index (χ1) is 15.1. The van der Waals surface area contributed by atoms with Gasteiger partial charge in [0.25, 0.3) is 0 Å². The highest BCUT2D eigenvalue weighted by atomic mass is 35.5. The molecule has 1 atom stereocenters. The quantitative estimate of drug-likeness (QED) is 0.489. The van der Waals surface area contributed by atoms with Crippen molar-refractivity contribution in [2.24, 2.45) is 0 Å². The lowest BCUT2D eigenvalue weighted by molar-refractivity contribution is -0.945. The van der Waals surface area contributed by atoms with E-state index in [1.165, 1.54) is 10.5 Å². The summed E-state index contributed by atoms with van der Waals surface area (Å²) in [6, 6.07) is 21.9. The zero-order chi connectivity index (χ0) is 21.4. The number of ether oxygens (including phenoxy) is 1. The van der Waals surface area contributed by atoms with Gasteiger partial charge >= 0.3 is 5.63 Å². The van der Waals surface area contributed by atoms with E-state index in [2.05, 4.69) is 0 Å². The van der Waals surface area contributed by atoms with Gasteiger partial charge < -0.3 is 9.15 Å². The molecule has 31 heavy (non-hydrogen) atoms. The Morgan fingerprint density at radius 3 is 2.52 bits per heavy atom. The number of fused-ring (bicyclic) bond motifs is 3. The smallest absolute Gasteiger partial charge is 0.340 e. The van der Waals surface area contributed by atoms with Crippen molar-refractivity contribution in [1.29, 1.82) is 0 Å². The molecule has 2 heterocycles. The zero-order valence-electron chi connectivity index (χ0n) is 17.3. The third kappa shape index (κ3) is 3.97. The van der Waals surface area contributed by atoms with Crippen LogP contribution in [0.4, 0.5) is 0 Å². The van der Waals surface area contributed by atoms with Gasteiger partial charge in [-0.1, -0.05) is 54.1 Å². The van der Waals surface area contributed by atoms with Gasteiger partial charge in [0.1, 0.15) is 18.8 Å². The molecule has 4 nitrogen and oxygen atoms in total. The number of aryl methyl sites for hydroxylation is 1. The van der Waals surface area contributed by atoms with E-state index in [0.29, 0.717) is 24.3 Å². The summed E-state index contributed by atoms with van der Waals surface area (Å²) >= 11 is 6.01. The van der Waals surface area contributed by atoms with E-state index in [9.17, 15) is 4.79 Å². The number of rotatable bonds is 4. The second-order valence-electron chi connectivity index (χ2n) is 8.09. The molecule has 5 rings (SSSR count). The molecule has 0 saturated heterocycles. The molecular formula is C26H23ClNO3+. The van der Waals surface area contributed by atoms with Crippen molar-refractivity contribution in [3.05, 3.63) is 110 Å². The minimum absolute atomic E-state index is 0.271. The Labute approximate surface area is 185 Å². The average molecular weight is 433 g/mol. The van der Waals surface area contributed by atoms with Gasteiger partial charge in [-0.2, -0.15) is 0 Å². The van der Waals surface area contributed by atoms with Crippen LogP contribution in [0.1, 0.15) is 27.8 Å². The van der Waals surface area contributed by atoms with Crippen LogP contribution in [0.2, 0.25) is 5.02 Å². The molecule has 5 heteroatoms. The fraction of sp³-hybridized carbons (Fsp3) is 0.192. The standard InChI is InChI=1S/C26H22ClNO3/c1-17-21-11-12-24-23(15-28(16-30-24)14-19-7-9-20(27)10-8-19)25(21)31-26(29)22(17)13-18-5-3-2-4-6-18/h2-12H,13-16H2,1H3/p+1. The largest absolute Gasteiger partial charge is 0.445 e. The lowest BCUT2D eigenvalue weighted by Crippen LogP contribution is -3.10. The van der Waals surface area contributed by atoms with E-state index in [1.807, 2.05) is 73.7 Å². The van der Waals surface area contributed by atoms with Crippen molar-refractivity contribution in [2.75, 3.05) is 6.73 Å². The number of halogens is 1. The molecule has 0 amide bonds. The fourth-order valence-corrected chi connectivity index (χ4v) is 4.41.